The number of carbonyl (C=O) groups excluding carboxylic acids is 1. The number of methoxy groups -OCH3 is 1. The summed E-state index contributed by atoms with van der Waals surface area (Å²) >= 11 is 6.86. The highest BCUT2D eigenvalue weighted by Crippen LogP contribution is 2.52. The lowest BCUT2D eigenvalue weighted by atomic mass is 9.80. The molecule has 2 aliphatic carbocycles. The molecule has 2 bridgehead atoms. The number of thiocarbonyl (C=S) groups is 1. The number of thioether (sulfide) groups is 1. The average molecular weight is 258 g/mol. The Labute approximate surface area is 106 Å². The number of fused-ring (bicyclic) bond motifs is 2. The SMILES string of the molecule is COC(=O)C(C(=S)SC)[C@H]1C[C@@H]2CC[C@H]1C2. The van der Waals surface area contributed by atoms with Gasteiger partial charge in [0, 0.05) is 0 Å². The summed E-state index contributed by atoms with van der Waals surface area (Å²) < 4.78 is 5.73. The standard InChI is InChI=1S/C12H18O2S2/c1-14-11(13)10(12(15)16-2)9-6-7-3-4-8(9)5-7/h7-10H,3-6H2,1-2H3/t7-,8+,9+,10?/m1/s1. The molecule has 0 aliphatic heterocycles. The maximum Gasteiger partial charge on any atom is 0.314 e. The van der Waals surface area contributed by atoms with Crippen LogP contribution in [0.3, 0.4) is 0 Å². The van der Waals surface area contributed by atoms with E-state index in [4.69, 9.17) is 17.0 Å². The van der Waals surface area contributed by atoms with E-state index in [1.54, 1.807) is 0 Å². The van der Waals surface area contributed by atoms with Crippen LogP contribution in [-0.2, 0) is 9.53 Å². The molecule has 0 aromatic rings. The van der Waals surface area contributed by atoms with Gasteiger partial charge >= 0.3 is 5.97 Å². The molecular weight excluding hydrogens is 240 g/mol. The van der Waals surface area contributed by atoms with Crippen molar-refractivity contribution in [3.63, 3.8) is 0 Å². The molecule has 0 N–H and O–H groups in total. The fourth-order valence-corrected chi connectivity index (χ4v) is 4.20. The summed E-state index contributed by atoms with van der Waals surface area (Å²) in [5, 5.41) is 0. The van der Waals surface area contributed by atoms with Crippen molar-refractivity contribution in [1.29, 1.82) is 0 Å². The Kier molecular flexibility index (Phi) is 3.90. The molecular formula is C12H18O2S2. The third kappa shape index (κ3) is 2.14. The molecule has 4 atom stereocenters. The van der Waals surface area contributed by atoms with E-state index < -0.39 is 0 Å². The van der Waals surface area contributed by atoms with Crippen LogP contribution in [0, 0.1) is 23.7 Å². The summed E-state index contributed by atoms with van der Waals surface area (Å²) in [5.74, 6) is 1.72. The first kappa shape index (κ1) is 12.4. The first-order chi connectivity index (χ1) is 7.67. The minimum Gasteiger partial charge on any atom is -0.469 e. The van der Waals surface area contributed by atoms with Gasteiger partial charge in [-0.25, -0.2) is 0 Å². The Hall–Kier alpha value is -0.0900. The maximum absolute atomic E-state index is 11.9. The molecule has 2 nitrogen and oxygen atoms in total. The molecule has 0 heterocycles. The minimum atomic E-state index is -0.148. The molecule has 0 saturated heterocycles. The monoisotopic (exact) mass is 258 g/mol. The van der Waals surface area contributed by atoms with Crippen LogP contribution in [-0.4, -0.2) is 23.5 Å². The van der Waals surface area contributed by atoms with E-state index in [9.17, 15) is 4.79 Å². The van der Waals surface area contributed by atoms with Gasteiger partial charge in [-0.15, -0.1) is 11.8 Å². The normalized spacial score (nSPS) is 33.8. The Morgan fingerprint density at radius 1 is 1.44 bits per heavy atom. The van der Waals surface area contributed by atoms with E-state index >= 15 is 0 Å². The molecule has 2 fully saturated rings. The van der Waals surface area contributed by atoms with Crippen LogP contribution >= 0.6 is 24.0 Å². The molecule has 4 heteroatoms. The van der Waals surface area contributed by atoms with E-state index in [0.717, 1.165) is 10.1 Å². The van der Waals surface area contributed by atoms with Gasteiger partial charge in [0.15, 0.2) is 0 Å². The highest BCUT2D eigenvalue weighted by atomic mass is 32.2. The van der Waals surface area contributed by atoms with Crippen molar-refractivity contribution < 1.29 is 9.53 Å². The van der Waals surface area contributed by atoms with Gasteiger partial charge in [-0.2, -0.15) is 0 Å². The number of rotatable bonds is 3. The molecule has 2 aliphatic rings. The molecule has 0 spiro atoms. The molecule has 2 saturated carbocycles. The van der Waals surface area contributed by atoms with Crippen LogP contribution < -0.4 is 0 Å². The largest absolute Gasteiger partial charge is 0.469 e. The van der Waals surface area contributed by atoms with E-state index in [2.05, 4.69) is 0 Å². The van der Waals surface area contributed by atoms with Crippen LogP contribution in [0.25, 0.3) is 0 Å². The van der Waals surface area contributed by atoms with E-state index in [1.807, 2.05) is 6.26 Å². The summed E-state index contributed by atoms with van der Waals surface area (Å²) in [6.07, 6.45) is 7.05. The fourth-order valence-electron chi connectivity index (χ4n) is 3.40. The van der Waals surface area contributed by atoms with Crippen molar-refractivity contribution in [2.24, 2.45) is 23.7 Å². The van der Waals surface area contributed by atoms with E-state index in [0.29, 0.717) is 11.8 Å². The zero-order chi connectivity index (χ0) is 11.7. The third-order valence-corrected chi connectivity index (χ3v) is 5.54. The lowest BCUT2D eigenvalue weighted by Crippen LogP contribution is -2.33. The summed E-state index contributed by atoms with van der Waals surface area (Å²) in [6, 6.07) is 0. The summed E-state index contributed by atoms with van der Waals surface area (Å²) in [5.41, 5.74) is 0. The molecule has 0 aromatic heterocycles. The topological polar surface area (TPSA) is 26.3 Å². The predicted molar refractivity (Wildman–Crippen MR) is 70.6 cm³/mol. The summed E-state index contributed by atoms with van der Waals surface area (Å²) in [7, 11) is 1.46. The van der Waals surface area contributed by atoms with Gasteiger partial charge in [0.2, 0.25) is 0 Å². The highest BCUT2D eigenvalue weighted by Gasteiger charge is 2.46. The van der Waals surface area contributed by atoms with Gasteiger partial charge < -0.3 is 4.74 Å². The van der Waals surface area contributed by atoms with Gasteiger partial charge in [0.25, 0.3) is 0 Å². The number of carbonyl (C=O) groups is 1. The summed E-state index contributed by atoms with van der Waals surface area (Å²) in [4.78, 5) is 11.9. The van der Waals surface area contributed by atoms with Crippen molar-refractivity contribution in [2.75, 3.05) is 13.4 Å². The van der Waals surface area contributed by atoms with Gasteiger partial charge in [0.1, 0.15) is 5.92 Å². The Morgan fingerprint density at radius 2 is 2.19 bits per heavy atom. The number of ether oxygens (including phenoxy) is 1. The second-order valence-electron chi connectivity index (χ2n) is 4.86. The van der Waals surface area contributed by atoms with Crippen LogP contribution in [0.15, 0.2) is 0 Å². The van der Waals surface area contributed by atoms with Crippen molar-refractivity contribution in [1.82, 2.24) is 0 Å². The summed E-state index contributed by atoms with van der Waals surface area (Å²) in [6.45, 7) is 0. The quantitative estimate of drug-likeness (QED) is 0.574. The Balaban J connectivity index is 2.13. The van der Waals surface area contributed by atoms with E-state index in [-0.39, 0.29) is 11.9 Å². The van der Waals surface area contributed by atoms with Gasteiger partial charge in [0.05, 0.1) is 11.3 Å². The second kappa shape index (κ2) is 5.05. The molecule has 0 aromatic carbocycles. The van der Waals surface area contributed by atoms with Gasteiger partial charge in [-0.05, 0) is 43.3 Å². The molecule has 16 heavy (non-hydrogen) atoms. The molecule has 2 rings (SSSR count). The molecule has 90 valence electrons. The van der Waals surface area contributed by atoms with Crippen molar-refractivity contribution in [3.8, 4) is 0 Å². The average Bonchev–Trinajstić information content (AvgIpc) is 2.90. The Bertz CT molecular complexity index is 287. The van der Waals surface area contributed by atoms with E-state index in [1.165, 1.54) is 44.6 Å². The van der Waals surface area contributed by atoms with Gasteiger partial charge in [-0.1, -0.05) is 18.6 Å². The first-order valence-electron chi connectivity index (χ1n) is 5.83. The number of hydrogen-bond donors (Lipinski definition) is 0. The van der Waals surface area contributed by atoms with Crippen molar-refractivity contribution in [2.45, 2.75) is 25.7 Å². The molecule has 0 radical (unpaired) electrons. The van der Waals surface area contributed by atoms with Crippen molar-refractivity contribution in [3.05, 3.63) is 0 Å². The predicted octanol–water partition coefficient (Wildman–Crippen LogP) is 2.90. The van der Waals surface area contributed by atoms with Crippen LogP contribution in [0.1, 0.15) is 25.7 Å². The first-order valence-corrected chi connectivity index (χ1v) is 7.46. The lowest BCUT2D eigenvalue weighted by Gasteiger charge is -2.28. The van der Waals surface area contributed by atoms with Crippen LogP contribution in [0.5, 0.6) is 0 Å². The minimum absolute atomic E-state index is 0.128. The number of esters is 1. The highest BCUT2D eigenvalue weighted by molar-refractivity contribution is 8.22. The zero-order valence-corrected chi connectivity index (χ0v) is 11.4. The van der Waals surface area contributed by atoms with Crippen molar-refractivity contribution >= 4 is 34.1 Å². The maximum atomic E-state index is 11.9. The van der Waals surface area contributed by atoms with Crippen LogP contribution in [0.4, 0.5) is 0 Å². The second-order valence-corrected chi connectivity index (χ2v) is 6.41. The van der Waals surface area contributed by atoms with Gasteiger partial charge in [-0.3, -0.25) is 4.79 Å². The number of hydrogen-bond acceptors (Lipinski definition) is 4. The molecule has 1 unspecified atom stereocenters. The molecule has 0 amide bonds. The fraction of sp³-hybridized carbons (Fsp3) is 0.833. The smallest absolute Gasteiger partial charge is 0.314 e. The Morgan fingerprint density at radius 3 is 2.62 bits per heavy atom. The third-order valence-electron chi connectivity index (χ3n) is 4.13. The zero-order valence-electron chi connectivity index (χ0n) is 9.77. The van der Waals surface area contributed by atoms with Crippen LogP contribution in [0.2, 0.25) is 0 Å². The lowest BCUT2D eigenvalue weighted by molar-refractivity contribution is -0.145.